The summed E-state index contributed by atoms with van der Waals surface area (Å²) in [6, 6.07) is 5.14. The fraction of sp³-hybridized carbons (Fsp3) is 0.417. The van der Waals surface area contributed by atoms with E-state index in [0.717, 1.165) is 6.07 Å². The second-order valence-electron chi connectivity index (χ2n) is 4.39. The van der Waals surface area contributed by atoms with E-state index < -0.39 is 26.4 Å². The summed E-state index contributed by atoms with van der Waals surface area (Å²) in [5, 5.41) is 5.15. The van der Waals surface area contributed by atoms with Crippen LogP contribution in [0, 0.1) is 0 Å². The van der Waals surface area contributed by atoms with E-state index in [9.17, 15) is 22.0 Å². The molecular formula is C12H16F2N2O3S. The van der Waals surface area contributed by atoms with Gasteiger partial charge in [0, 0.05) is 6.04 Å². The molecule has 1 rings (SSSR count). The molecule has 0 saturated heterocycles. The lowest BCUT2D eigenvalue weighted by molar-refractivity contribution is -0.115. The highest BCUT2D eigenvalue weighted by Crippen LogP contribution is 2.25. The fourth-order valence-corrected chi connectivity index (χ4v) is 2.29. The smallest absolute Gasteiger partial charge is 0.324 e. The maximum atomic E-state index is 12.6. The van der Waals surface area contributed by atoms with Crippen molar-refractivity contribution in [3.63, 3.8) is 0 Å². The topological polar surface area (TPSA) is 75.3 Å². The van der Waals surface area contributed by atoms with Crippen LogP contribution in [0.2, 0.25) is 0 Å². The molecule has 0 radical (unpaired) electrons. The highest BCUT2D eigenvalue weighted by Gasteiger charge is 2.29. The Morgan fingerprint density at radius 3 is 2.40 bits per heavy atom. The molecule has 1 aromatic carbocycles. The van der Waals surface area contributed by atoms with Gasteiger partial charge >= 0.3 is 5.76 Å². The third kappa shape index (κ3) is 4.24. The fourth-order valence-electron chi connectivity index (χ4n) is 1.41. The molecule has 0 aliphatic heterocycles. The van der Waals surface area contributed by atoms with Gasteiger partial charge in [-0.25, -0.2) is 8.42 Å². The van der Waals surface area contributed by atoms with Crippen LogP contribution in [0.4, 0.5) is 14.5 Å². The molecule has 0 fully saturated rings. The van der Waals surface area contributed by atoms with Gasteiger partial charge in [-0.2, -0.15) is 8.78 Å². The highest BCUT2D eigenvalue weighted by atomic mass is 32.2. The molecule has 0 bridgehead atoms. The van der Waals surface area contributed by atoms with Gasteiger partial charge in [-0.15, -0.1) is 0 Å². The van der Waals surface area contributed by atoms with Gasteiger partial charge in [-0.05, 0) is 12.1 Å². The number of hydrogen-bond acceptors (Lipinski definition) is 4. The zero-order valence-electron chi connectivity index (χ0n) is 11.1. The van der Waals surface area contributed by atoms with E-state index in [0.29, 0.717) is 0 Å². The van der Waals surface area contributed by atoms with Crippen LogP contribution in [-0.2, 0) is 14.6 Å². The van der Waals surface area contributed by atoms with Gasteiger partial charge in [0.15, 0.2) is 0 Å². The Kier molecular flexibility index (Phi) is 5.58. The van der Waals surface area contributed by atoms with Gasteiger partial charge in [0.05, 0.1) is 17.1 Å². The van der Waals surface area contributed by atoms with Gasteiger partial charge in [0.1, 0.15) is 0 Å². The number of halogens is 2. The lowest BCUT2D eigenvalue weighted by Gasteiger charge is -2.12. The number of benzene rings is 1. The molecule has 5 nitrogen and oxygen atoms in total. The maximum Gasteiger partial charge on any atom is 0.341 e. The van der Waals surface area contributed by atoms with Crippen LogP contribution >= 0.6 is 0 Å². The van der Waals surface area contributed by atoms with Crippen molar-refractivity contribution in [2.24, 2.45) is 0 Å². The van der Waals surface area contributed by atoms with Crippen molar-refractivity contribution in [2.75, 3.05) is 11.9 Å². The van der Waals surface area contributed by atoms with E-state index in [1.54, 1.807) is 0 Å². The summed E-state index contributed by atoms with van der Waals surface area (Å²) in [6.45, 7) is 3.63. The minimum Gasteiger partial charge on any atom is -0.324 e. The second-order valence-corrected chi connectivity index (χ2v) is 6.27. The maximum absolute atomic E-state index is 12.6. The molecule has 0 saturated carbocycles. The molecule has 2 N–H and O–H groups in total. The monoisotopic (exact) mass is 306 g/mol. The normalized spacial score (nSPS) is 11.9. The lowest BCUT2D eigenvalue weighted by Crippen LogP contribution is -2.33. The number of amides is 1. The molecule has 8 heteroatoms. The SMILES string of the molecule is CC(C)NCC(=O)Nc1ccccc1S(=O)(=O)C(F)F. The zero-order valence-corrected chi connectivity index (χ0v) is 11.9. The Morgan fingerprint density at radius 2 is 1.85 bits per heavy atom. The molecule has 0 aliphatic carbocycles. The lowest BCUT2D eigenvalue weighted by atomic mass is 10.3. The van der Waals surface area contributed by atoms with Gasteiger partial charge in [0.25, 0.3) is 0 Å². The minimum atomic E-state index is -4.75. The Hall–Kier alpha value is -1.54. The van der Waals surface area contributed by atoms with Crippen LogP contribution in [0.3, 0.4) is 0 Å². The summed E-state index contributed by atoms with van der Waals surface area (Å²) in [7, 11) is -4.75. The predicted octanol–water partition coefficient (Wildman–Crippen LogP) is 1.62. The van der Waals surface area contributed by atoms with Crippen LogP contribution < -0.4 is 10.6 Å². The number of alkyl halides is 2. The van der Waals surface area contributed by atoms with Crippen LogP contribution in [-0.4, -0.2) is 32.7 Å². The van der Waals surface area contributed by atoms with Crippen molar-refractivity contribution in [1.29, 1.82) is 0 Å². The first-order chi connectivity index (χ1) is 9.25. The molecule has 0 unspecified atom stereocenters. The molecule has 0 heterocycles. The van der Waals surface area contributed by atoms with Crippen molar-refractivity contribution in [2.45, 2.75) is 30.5 Å². The minimum absolute atomic E-state index is 0.0409. The molecule has 1 amide bonds. The molecule has 0 aromatic heterocycles. The standard InChI is InChI=1S/C12H16F2N2O3S/c1-8(2)15-7-11(17)16-9-5-3-4-6-10(9)20(18,19)12(13)14/h3-6,8,12,15H,7H2,1-2H3,(H,16,17). The number of hydrogen-bond donors (Lipinski definition) is 2. The van der Waals surface area contributed by atoms with Gasteiger partial charge < -0.3 is 10.6 Å². The molecule has 20 heavy (non-hydrogen) atoms. The van der Waals surface area contributed by atoms with Crippen molar-refractivity contribution >= 4 is 21.4 Å². The van der Waals surface area contributed by atoms with Crippen LogP contribution in [0.15, 0.2) is 29.2 Å². The number of carbonyl (C=O) groups is 1. The number of carbonyl (C=O) groups excluding carboxylic acids is 1. The number of sulfone groups is 1. The first kappa shape index (κ1) is 16.5. The third-order valence-electron chi connectivity index (χ3n) is 2.37. The van der Waals surface area contributed by atoms with Crippen LogP contribution in [0.1, 0.15) is 13.8 Å². The van der Waals surface area contributed by atoms with Crippen LogP contribution in [0.25, 0.3) is 0 Å². The Labute approximate surface area is 116 Å². The van der Waals surface area contributed by atoms with Crippen LogP contribution in [0.5, 0.6) is 0 Å². The molecular weight excluding hydrogens is 290 g/mol. The quantitative estimate of drug-likeness (QED) is 0.837. The summed E-state index contributed by atoms with van der Waals surface area (Å²) in [4.78, 5) is 11.0. The van der Waals surface area contributed by atoms with Crippen molar-refractivity contribution < 1.29 is 22.0 Å². The van der Waals surface area contributed by atoms with E-state index in [1.807, 2.05) is 13.8 Å². The van der Waals surface area contributed by atoms with Gasteiger partial charge in [-0.1, -0.05) is 26.0 Å². The number of anilines is 1. The van der Waals surface area contributed by atoms with Crippen molar-refractivity contribution in [3.8, 4) is 0 Å². The Morgan fingerprint density at radius 1 is 1.25 bits per heavy atom. The summed E-state index contributed by atoms with van der Waals surface area (Å²) in [5.74, 6) is -4.04. The third-order valence-corrected chi connectivity index (χ3v) is 3.81. The van der Waals surface area contributed by atoms with Crippen molar-refractivity contribution in [1.82, 2.24) is 5.32 Å². The number of nitrogens with one attached hydrogen (secondary N) is 2. The summed E-state index contributed by atoms with van der Waals surface area (Å²) in [5.41, 5.74) is -0.150. The zero-order chi connectivity index (χ0) is 15.3. The van der Waals surface area contributed by atoms with E-state index in [1.165, 1.54) is 18.2 Å². The van der Waals surface area contributed by atoms with E-state index in [2.05, 4.69) is 10.6 Å². The first-order valence-electron chi connectivity index (χ1n) is 5.89. The molecule has 112 valence electrons. The molecule has 1 aromatic rings. The largest absolute Gasteiger partial charge is 0.341 e. The van der Waals surface area contributed by atoms with Gasteiger partial charge in [-0.3, -0.25) is 4.79 Å². The molecule has 0 atom stereocenters. The van der Waals surface area contributed by atoms with Crippen molar-refractivity contribution in [3.05, 3.63) is 24.3 Å². The van der Waals surface area contributed by atoms with E-state index in [4.69, 9.17) is 0 Å². The van der Waals surface area contributed by atoms with Gasteiger partial charge in [0.2, 0.25) is 15.7 Å². The molecule has 0 spiro atoms. The number of rotatable bonds is 6. The van der Waals surface area contributed by atoms with E-state index in [-0.39, 0.29) is 18.3 Å². The summed E-state index contributed by atoms with van der Waals surface area (Å²) in [6.07, 6.45) is 0. The summed E-state index contributed by atoms with van der Waals surface area (Å²) < 4.78 is 48.1. The predicted molar refractivity (Wildman–Crippen MR) is 71.4 cm³/mol. The Balaban J connectivity index is 2.95. The average Bonchev–Trinajstić information content (AvgIpc) is 2.36. The number of para-hydroxylation sites is 1. The average molecular weight is 306 g/mol. The first-order valence-corrected chi connectivity index (χ1v) is 7.44. The second kappa shape index (κ2) is 6.76. The molecule has 0 aliphatic rings. The Bertz CT molecular complexity index is 574. The highest BCUT2D eigenvalue weighted by molar-refractivity contribution is 7.91. The van der Waals surface area contributed by atoms with E-state index >= 15 is 0 Å². The summed E-state index contributed by atoms with van der Waals surface area (Å²) >= 11 is 0.